The van der Waals surface area contributed by atoms with Gasteiger partial charge in [0.05, 0.1) is 0 Å². The van der Waals surface area contributed by atoms with E-state index >= 15 is 0 Å². The van der Waals surface area contributed by atoms with Crippen LogP contribution in [0.15, 0.2) is 18.3 Å². The fraction of sp³-hybridized carbons (Fsp3) is 0.375. The quantitative estimate of drug-likeness (QED) is 0.555. The summed E-state index contributed by atoms with van der Waals surface area (Å²) < 4.78 is 0. The fourth-order valence-electron chi connectivity index (χ4n) is 1.02. The third kappa shape index (κ3) is 1.60. The van der Waals surface area contributed by atoms with Gasteiger partial charge < -0.3 is 0 Å². The maximum Gasteiger partial charge on any atom is 0.124 e. The largest absolute Gasteiger partial charge is 0.262 e. The van der Waals surface area contributed by atoms with Crippen LogP contribution in [0.4, 0.5) is 0 Å². The molecule has 1 rings (SSSR count). The molecule has 0 unspecified atom stereocenters. The maximum atomic E-state index is 4.27. The Morgan fingerprint density at radius 1 is 1.60 bits per heavy atom. The highest BCUT2D eigenvalue weighted by atomic mass is 14.7. The molecule has 0 spiro atoms. The van der Waals surface area contributed by atoms with Gasteiger partial charge in [0.15, 0.2) is 0 Å². The molecule has 0 saturated heterocycles. The lowest BCUT2D eigenvalue weighted by Crippen LogP contribution is -1.96. The van der Waals surface area contributed by atoms with Crippen molar-refractivity contribution in [3.63, 3.8) is 0 Å². The van der Waals surface area contributed by atoms with Crippen molar-refractivity contribution in [2.45, 2.75) is 20.1 Å². The number of pyridine rings is 1. The van der Waals surface area contributed by atoms with E-state index in [9.17, 15) is 0 Å². The zero-order valence-corrected chi connectivity index (χ0v) is 6.59. The number of aryl methyl sites for hydroxylation is 1. The fourth-order valence-corrected chi connectivity index (χ4v) is 1.02. The zero-order chi connectivity index (χ0) is 7.40. The minimum absolute atomic E-state index is 1.10. The Kier molecular flexibility index (Phi) is 2.49. The standard InChI is InChI=1S/C8H12BN/c1-7-4-3-5-10-8(7)6-9-2/h3-5,9H,6H2,1-2H3. The van der Waals surface area contributed by atoms with Crippen LogP contribution in [0.3, 0.4) is 0 Å². The molecule has 0 bridgehead atoms. The van der Waals surface area contributed by atoms with Crippen LogP contribution >= 0.6 is 0 Å². The van der Waals surface area contributed by atoms with E-state index in [0.29, 0.717) is 0 Å². The molecule has 1 aromatic rings. The van der Waals surface area contributed by atoms with Crippen molar-refractivity contribution in [1.82, 2.24) is 4.98 Å². The first-order chi connectivity index (χ1) is 4.84. The third-order valence-corrected chi connectivity index (χ3v) is 1.60. The summed E-state index contributed by atoms with van der Waals surface area (Å²) in [5, 5.41) is 0. The van der Waals surface area contributed by atoms with E-state index in [1.165, 1.54) is 18.5 Å². The molecule has 0 amide bonds. The van der Waals surface area contributed by atoms with Gasteiger partial charge in [-0.05, 0) is 24.9 Å². The van der Waals surface area contributed by atoms with Crippen LogP contribution in [-0.4, -0.2) is 12.3 Å². The highest BCUT2D eigenvalue weighted by Gasteiger charge is 1.95. The topological polar surface area (TPSA) is 12.9 Å². The van der Waals surface area contributed by atoms with E-state index in [1.54, 1.807) is 0 Å². The van der Waals surface area contributed by atoms with Crippen molar-refractivity contribution in [1.29, 1.82) is 0 Å². The summed E-state index contributed by atoms with van der Waals surface area (Å²) in [6.07, 6.45) is 2.96. The van der Waals surface area contributed by atoms with Crippen molar-refractivity contribution in [2.24, 2.45) is 0 Å². The van der Waals surface area contributed by atoms with E-state index in [0.717, 1.165) is 6.32 Å². The summed E-state index contributed by atoms with van der Waals surface area (Å²) in [5.74, 6) is 0. The van der Waals surface area contributed by atoms with Gasteiger partial charge in [0.2, 0.25) is 0 Å². The smallest absolute Gasteiger partial charge is 0.124 e. The minimum Gasteiger partial charge on any atom is -0.262 e. The molecular weight excluding hydrogens is 121 g/mol. The van der Waals surface area contributed by atoms with Crippen molar-refractivity contribution >= 4 is 7.28 Å². The molecule has 52 valence electrons. The van der Waals surface area contributed by atoms with Crippen LogP contribution in [0, 0.1) is 6.92 Å². The van der Waals surface area contributed by atoms with Gasteiger partial charge in [-0.2, -0.15) is 0 Å². The molecule has 0 atom stereocenters. The predicted octanol–water partition coefficient (Wildman–Crippen LogP) is 1.37. The number of aromatic nitrogens is 1. The van der Waals surface area contributed by atoms with Gasteiger partial charge in [0, 0.05) is 11.9 Å². The normalized spacial score (nSPS) is 9.40. The molecule has 1 nitrogen and oxygen atoms in total. The van der Waals surface area contributed by atoms with Crippen LogP contribution in [0.5, 0.6) is 0 Å². The van der Waals surface area contributed by atoms with Gasteiger partial charge in [0.25, 0.3) is 0 Å². The number of hydrogen-bond acceptors (Lipinski definition) is 1. The van der Waals surface area contributed by atoms with E-state index in [4.69, 9.17) is 0 Å². The predicted molar refractivity (Wildman–Crippen MR) is 45.7 cm³/mol. The van der Waals surface area contributed by atoms with Gasteiger partial charge in [-0.15, -0.1) is 0 Å². The summed E-state index contributed by atoms with van der Waals surface area (Å²) in [7, 11) is 1.18. The molecule has 0 fully saturated rings. The first-order valence-corrected chi connectivity index (χ1v) is 3.75. The molecule has 0 aliphatic carbocycles. The molecule has 1 heterocycles. The van der Waals surface area contributed by atoms with Crippen LogP contribution < -0.4 is 0 Å². The van der Waals surface area contributed by atoms with Gasteiger partial charge >= 0.3 is 0 Å². The van der Waals surface area contributed by atoms with Crippen LogP contribution in [0.25, 0.3) is 0 Å². The van der Waals surface area contributed by atoms with E-state index in [2.05, 4.69) is 24.8 Å². The zero-order valence-electron chi connectivity index (χ0n) is 6.59. The minimum atomic E-state index is 1.10. The van der Waals surface area contributed by atoms with Crippen molar-refractivity contribution in [2.75, 3.05) is 0 Å². The van der Waals surface area contributed by atoms with E-state index in [1.807, 2.05) is 12.3 Å². The van der Waals surface area contributed by atoms with Crippen molar-refractivity contribution in [3.8, 4) is 0 Å². The second-order valence-corrected chi connectivity index (χ2v) is 2.52. The molecule has 2 heteroatoms. The monoisotopic (exact) mass is 133 g/mol. The Balaban J connectivity index is 2.81. The molecule has 0 aliphatic rings. The average Bonchev–Trinajstić information content (AvgIpc) is 1.94. The van der Waals surface area contributed by atoms with Crippen LogP contribution in [-0.2, 0) is 6.32 Å². The van der Waals surface area contributed by atoms with Crippen LogP contribution in [0.1, 0.15) is 11.3 Å². The summed E-state index contributed by atoms with van der Waals surface area (Å²) in [6.45, 7) is 4.28. The van der Waals surface area contributed by atoms with Gasteiger partial charge in [0.1, 0.15) is 7.28 Å². The number of rotatable bonds is 2. The second-order valence-electron chi connectivity index (χ2n) is 2.52. The maximum absolute atomic E-state index is 4.27. The lowest BCUT2D eigenvalue weighted by Gasteiger charge is -1.99. The summed E-state index contributed by atoms with van der Waals surface area (Å²) in [6, 6.07) is 4.09. The summed E-state index contributed by atoms with van der Waals surface area (Å²) in [5.41, 5.74) is 2.55. The molecule has 0 aliphatic heterocycles. The Hall–Kier alpha value is -0.785. The Bertz CT molecular complexity index is 210. The Morgan fingerprint density at radius 3 is 3.00 bits per heavy atom. The van der Waals surface area contributed by atoms with E-state index in [-0.39, 0.29) is 0 Å². The Morgan fingerprint density at radius 2 is 2.40 bits per heavy atom. The van der Waals surface area contributed by atoms with Crippen molar-refractivity contribution in [3.05, 3.63) is 29.6 Å². The molecule has 0 N–H and O–H groups in total. The third-order valence-electron chi connectivity index (χ3n) is 1.60. The van der Waals surface area contributed by atoms with Crippen LogP contribution in [0.2, 0.25) is 6.82 Å². The van der Waals surface area contributed by atoms with Gasteiger partial charge in [-0.1, -0.05) is 12.9 Å². The molecular formula is C8H12BN. The highest BCUT2D eigenvalue weighted by Crippen LogP contribution is 2.02. The first-order valence-electron chi connectivity index (χ1n) is 3.75. The van der Waals surface area contributed by atoms with Crippen molar-refractivity contribution < 1.29 is 0 Å². The van der Waals surface area contributed by atoms with Gasteiger partial charge in [-0.3, -0.25) is 4.98 Å². The van der Waals surface area contributed by atoms with Gasteiger partial charge in [-0.25, -0.2) is 0 Å². The molecule has 0 saturated carbocycles. The second kappa shape index (κ2) is 3.40. The SMILES string of the molecule is CBCc1ncccc1C. The number of hydrogen-bond donors (Lipinski definition) is 0. The molecule has 10 heavy (non-hydrogen) atoms. The lowest BCUT2D eigenvalue weighted by atomic mass is 9.76. The first kappa shape index (κ1) is 7.32. The van der Waals surface area contributed by atoms with E-state index < -0.39 is 0 Å². The molecule has 1 aromatic heterocycles. The molecule has 0 aromatic carbocycles. The Labute approximate surface area is 62.7 Å². The summed E-state index contributed by atoms with van der Waals surface area (Å²) in [4.78, 5) is 4.27. The average molecular weight is 133 g/mol. The molecule has 0 radical (unpaired) electrons. The highest BCUT2D eigenvalue weighted by molar-refractivity contribution is 6.32. The number of nitrogens with zero attached hydrogens (tertiary/aromatic N) is 1. The lowest BCUT2D eigenvalue weighted by molar-refractivity contribution is 1.12. The summed E-state index contributed by atoms with van der Waals surface area (Å²) >= 11 is 0.